The van der Waals surface area contributed by atoms with Gasteiger partial charge in [-0.15, -0.1) is 0 Å². The van der Waals surface area contributed by atoms with Gasteiger partial charge in [-0.1, -0.05) is 82.5 Å². The van der Waals surface area contributed by atoms with Crippen LogP contribution in [0, 0.1) is 19.3 Å². The van der Waals surface area contributed by atoms with Gasteiger partial charge in [0.05, 0.1) is 5.56 Å². The first-order chi connectivity index (χ1) is 20.1. The number of phenols is 1. The molecule has 0 saturated heterocycles. The number of phenolic OH excluding ortho intramolecular Hbond substituents is 1. The van der Waals surface area contributed by atoms with Gasteiger partial charge in [0.15, 0.2) is 5.78 Å². The Morgan fingerprint density at radius 1 is 0.762 bits per heavy atom. The van der Waals surface area contributed by atoms with Gasteiger partial charge in [-0.2, -0.15) is 0 Å². The quantitative estimate of drug-likeness (QED) is 0.132. The van der Waals surface area contributed by atoms with E-state index in [0.29, 0.717) is 22.6 Å². The summed E-state index contributed by atoms with van der Waals surface area (Å²) >= 11 is 0. The molecule has 4 heteroatoms. The molecule has 4 aromatic rings. The number of carbonyl (C=O) groups is 2. The van der Waals surface area contributed by atoms with Gasteiger partial charge in [0.25, 0.3) is 0 Å². The smallest absolute Gasteiger partial charge is 0.343 e. The van der Waals surface area contributed by atoms with Crippen molar-refractivity contribution in [2.24, 2.45) is 5.41 Å². The van der Waals surface area contributed by atoms with Gasteiger partial charge in [-0.3, -0.25) is 4.79 Å². The number of hydrogen-bond acceptors (Lipinski definition) is 4. The van der Waals surface area contributed by atoms with Gasteiger partial charge in [0, 0.05) is 16.4 Å². The average molecular weight is 563 g/mol. The van der Waals surface area contributed by atoms with E-state index in [1.54, 1.807) is 12.1 Å². The topological polar surface area (TPSA) is 63.6 Å². The van der Waals surface area contributed by atoms with Crippen LogP contribution >= 0.6 is 0 Å². The van der Waals surface area contributed by atoms with Crippen LogP contribution < -0.4 is 4.74 Å². The first-order valence-corrected chi connectivity index (χ1v) is 15.3. The molecule has 1 N–H and O–H groups in total. The number of aromatic hydroxyl groups is 1. The van der Waals surface area contributed by atoms with E-state index in [1.807, 2.05) is 57.2 Å². The summed E-state index contributed by atoms with van der Waals surface area (Å²) in [6, 6.07) is 23.4. The standard InChI is InChI=1S/C38H42O4/c1-6-37(5,7-2)35(40)29-13-11-28-24-30(14-12-27(28)23-29)36(41)42-34-18-16-32(22-26(34)4)38(19-9-8-10-20-38)31-15-17-33(39)25(3)21-31/h11-18,21-24,39H,6-10,19-20H2,1-5H3. The number of ether oxygens (including phenoxy) is 1. The number of fused-ring (bicyclic) bond motifs is 1. The van der Waals surface area contributed by atoms with E-state index in [9.17, 15) is 14.7 Å². The van der Waals surface area contributed by atoms with E-state index in [2.05, 4.69) is 38.1 Å². The SMILES string of the molecule is CCC(C)(CC)C(=O)c1ccc2cc(C(=O)Oc3ccc(C4(c5ccc(O)c(C)c5)CCCCC4)cc3C)ccc2c1. The molecule has 5 rings (SSSR count). The molecule has 218 valence electrons. The van der Waals surface area contributed by atoms with Crippen LogP contribution in [-0.4, -0.2) is 16.9 Å². The largest absolute Gasteiger partial charge is 0.508 e. The third-order valence-corrected chi connectivity index (χ3v) is 9.83. The molecule has 0 radical (unpaired) electrons. The third-order valence-electron chi connectivity index (χ3n) is 9.83. The number of aryl methyl sites for hydroxylation is 2. The second-order valence-electron chi connectivity index (χ2n) is 12.4. The fraction of sp³-hybridized carbons (Fsp3) is 0.368. The van der Waals surface area contributed by atoms with Crippen molar-refractivity contribution < 1.29 is 19.4 Å². The highest BCUT2D eigenvalue weighted by Crippen LogP contribution is 2.46. The van der Waals surface area contributed by atoms with Crippen molar-refractivity contribution in [3.63, 3.8) is 0 Å². The minimum absolute atomic E-state index is 0.117. The molecule has 0 bridgehead atoms. The van der Waals surface area contributed by atoms with Crippen molar-refractivity contribution in [1.82, 2.24) is 0 Å². The Kier molecular flexibility index (Phi) is 8.28. The summed E-state index contributed by atoms with van der Waals surface area (Å²) in [6.07, 6.45) is 7.24. The van der Waals surface area contributed by atoms with Crippen molar-refractivity contribution in [1.29, 1.82) is 0 Å². The Hall–Kier alpha value is -3.92. The number of Topliss-reactive ketones (excluding diaryl/α,β-unsaturated/α-hetero) is 1. The van der Waals surface area contributed by atoms with Crippen LogP contribution in [0.5, 0.6) is 11.5 Å². The van der Waals surface area contributed by atoms with Gasteiger partial charge in [0.2, 0.25) is 0 Å². The van der Waals surface area contributed by atoms with E-state index in [0.717, 1.165) is 60.4 Å². The van der Waals surface area contributed by atoms with E-state index in [4.69, 9.17) is 4.74 Å². The highest BCUT2D eigenvalue weighted by Gasteiger charge is 2.36. The number of ketones is 1. The molecular weight excluding hydrogens is 520 g/mol. The molecular formula is C38H42O4. The van der Waals surface area contributed by atoms with Crippen molar-refractivity contribution in [2.45, 2.75) is 85.0 Å². The fourth-order valence-corrected chi connectivity index (χ4v) is 6.51. The minimum atomic E-state index is -0.404. The summed E-state index contributed by atoms with van der Waals surface area (Å²) < 4.78 is 5.91. The second kappa shape index (κ2) is 11.8. The van der Waals surface area contributed by atoms with E-state index in [-0.39, 0.29) is 16.6 Å². The second-order valence-corrected chi connectivity index (χ2v) is 12.4. The molecule has 0 spiro atoms. The Morgan fingerprint density at radius 3 is 1.93 bits per heavy atom. The van der Waals surface area contributed by atoms with Crippen LogP contribution in [0.4, 0.5) is 0 Å². The zero-order chi connectivity index (χ0) is 30.1. The molecule has 0 atom stereocenters. The van der Waals surface area contributed by atoms with Crippen LogP contribution in [0.3, 0.4) is 0 Å². The molecule has 1 saturated carbocycles. The van der Waals surface area contributed by atoms with Gasteiger partial charge in [0.1, 0.15) is 11.5 Å². The zero-order valence-corrected chi connectivity index (χ0v) is 25.5. The lowest BCUT2D eigenvalue weighted by atomic mass is 9.65. The summed E-state index contributed by atoms with van der Waals surface area (Å²) in [4.78, 5) is 26.4. The molecule has 0 heterocycles. The number of benzene rings is 4. The first-order valence-electron chi connectivity index (χ1n) is 15.3. The molecule has 1 aliphatic carbocycles. The number of hydrogen-bond donors (Lipinski definition) is 1. The highest BCUT2D eigenvalue weighted by atomic mass is 16.5. The summed E-state index contributed by atoms with van der Waals surface area (Å²) in [5.74, 6) is 0.629. The van der Waals surface area contributed by atoms with E-state index >= 15 is 0 Å². The van der Waals surface area contributed by atoms with Gasteiger partial charge >= 0.3 is 5.97 Å². The lowest BCUT2D eigenvalue weighted by Crippen LogP contribution is -2.30. The van der Waals surface area contributed by atoms with Crippen LogP contribution in [0.1, 0.15) is 109 Å². The molecule has 0 aromatic heterocycles. The van der Waals surface area contributed by atoms with Crippen molar-refractivity contribution >= 4 is 22.5 Å². The number of carbonyl (C=O) groups excluding carboxylic acids is 2. The Balaban J connectivity index is 1.39. The lowest BCUT2D eigenvalue weighted by molar-refractivity contribution is 0.0732. The maximum Gasteiger partial charge on any atom is 0.343 e. The van der Waals surface area contributed by atoms with E-state index < -0.39 is 5.97 Å². The maximum atomic E-state index is 13.2. The number of esters is 1. The van der Waals surface area contributed by atoms with Crippen LogP contribution in [0.25, 0.3) is 10.8 Å². The molecule has 1 fully saturated rings. The first kappa shape index (κ1) is 29.6. The van der Waals surface area contributed by atoms with Gasteiger partial charge in [-0.25, -0.2) is 4.79 Å². The minimum Gasteiger partial charge on any atom is -0.508 e. The third kappa shape index (κ3) is 5.47. The average Bonchev–Trinajstić information content (AvgIpc) is 3.02. The van der Waals surface area contributed by atoms with Crippen molar-refractivity contribution in [2.75, 3.05) is 0 Å². The Bertz CT molecular complexity index is 1640. The summed E-state index contributed by atoms with van der Waals surface area (Å²) in [6.45, 7) is 10.1. The molecule has 1 aliphatic rings. The molecule has 0 unspecified atom stereocenters. The van der Waals surface area contributed by atoms with Crippen molar-refractivity contribution in [3.8, 4) is 11.5 Å². The summed E-state index contributed by atoms with van der Waals surface area (Å²) in [7, 11) is 0. The Morgan fingerprint density at radius 2 is 1.33 bits per heavy atom. The molecule has 42 heavy (non-hydrogen) atoms. The predicted octanol–water partition coefficient (Wildman–Crippen LogP) is 9.64. The van der Waals surface area contributed by atoms with Crippen LogP contribution in [0.15, 0.2) is 72.8 Å². The summed E-state index contributed by atoms with van der Waals surface area (Å²) in [5.41, 5.74) is 4.95. The van der Waals surface area contributed by atoms with Crippen LogP contribution in [0.2, 0.25) is 0 Å². The predicted molar refractivity (Wildman–Crippen MR) is 170 cm³/mol. The number of rotatable bonds is 8. The van der Waals surface area contributed by atoms with E-state index in [1.165, 1.54) is 17.5 Å². The fourth-order valence-electron chi connectivity index (χ4n) is 6.51. The molecule has 4 aromatic carbocycles. The Labute approximate surface area is 249 Å². The molecule has 0 aliphatic heterocycles. The van der Waals surface area contributed by atoms with Crippen molar-refractivity contribution in [3.05, 3.63) is 106 Å². The molecule has 0 amide bonds. The normalized spacial score (nSPS) is 15.0. The molecule has 4 nitrogen and oxygen atoms in total. The summed E-state index contributed by atoms with van der Waals surface area (Å²) in [5, 5.41) is 12.0. The highest BCUT2D eigenvalue weighted by molar-refractivity contribution is 6.04. The van der Waals surface area contributed by atoms with Gasteiger partial charge < -0.3 is 9.84 Å². The van der Waals surface area contributed by atoms with Gasteiger partial charge in [-0.05, 0) is 103 Å². The monoisotopic (exact) mass is 562 g/mol. The van der Waals surface area contributed by atoms with Crippen LogP contribution in [-0.2, 0) is 5.41 Å². The maximum absolute atomic E-state index is 13.2. The zero-order valence-electron chi connectivity index (χ0n) is 25.5. The lowest BCUT2D eigenvalue weighted by Gasteiger charge is -2.39.